The summed E-state index contributed by atoms with van der Waals surface area (Å²) in [6.45, 7) is 5.58. The topological polar surface area (TPSA) is 41.7 Å². The summed E-state index contributed by atoms with van der Waals surface area (Å²) in [6, 6.07) is 9.02. The lowest BCUT2D eigenvalue weighted by Gasteiger charge is -2.38. The SMILES string of the molecule is CCC1CN(C(CN)c2ccc(N(C)C)cc2)CCO1. The molecule has 2 atom stereocenters. The first-order valence-electron chi connectivity index (χ1n) is 7.48. The lowest BCUT2D eigenvalue weighted by Crippen LogP contribution is -2.46. The molecule has 2 N–H and O–H groups in total. The van der Waals surface area contributed by atoms with Gasteiger partial charge in [-0.3, -0.25) is 4.90 Å². The number of nitrogens with two attached hydrogens (primary N) is 1. The quantitative estimate of drug-likeness (QED) is 0.892. The van der Waals surface area contributed by atoms with E-state index in [4.69, 9.17) is 10.5 Å². The number of anilines is 1. The van der Waals surface area contributed by atoms with Crippen molar-refractivity contribution in [2.75, 3.05) is 45.2 Å². The summed E-state index contributed by atoms with van der Waals surface area (Å²) in [7, 11) is 4.12. The number of benzene rings is 1. The first-order chi connectivity index (χ1) is 9.65. The minimum Gasteiger partial charge on any atom is -0.378 e. The zero-order valence-electron chi connectivity index (χ0n) is 12.9. The Hall–Kier alpha value is -1.10. The molecular weight excluding hydrogens is 250 g/mol. The number of hydrogen-bond donors (Lipinski definition) is 1. The van der Waals surface area contributed by atoms with E-state index in [1.54, 1.807) is 0 Å². The number of nitrogens with zero attached hydrogens (tertiary/aromatic N) is 2. The van der Waals surface area contributed by atoms with E-state index in [0.717, 1.165) is 26.1 Å². The van der Waals surface area contributed by atoms with Crippen molar-refractivity contribution in [2.24, 2.45) is 5.73 Å². The van der Waals surface area contributed by atoms with Gasteiger partial charge in [-0.2, -0.15) is 0 Å². The van der Waals surface area contributed by atoms with Crippen LogP contribution in [0.15, 0.2) is 24.3 Å². The standard InChI is InChI=1S/C16H27N3O/c1-4-15-12-19(9-10-20-15)16(11-17)13-5-7-14(8-6-13)18(2)3/h5-8,15-16H,4,9-12,17H2,1-3H3. The Morgan fingerprint density at radius 1 is 1.35 bits per heavy atom. The predicted molar refractivity (Wildman–Crippen MR) is 84.2 cm³/mol. The Kier molecular flexibility index (Phi) is 5.40. The first kappa shape index (κ1) is 15.3. The molecule has 0 spiro atoms. The summed E-state index contributed by atoms with van der Waals surface area (Å²) in [5.41, 5.74) is 8.55. The van der Waals surface area contributed by atoms with Crippen LogP contribution in [0.4, 0.5) is 5.69 Å². The maximum atomic E-state index is 6.03. The van der Waals surface area contributed by atoms with Crippen LogP contribution in [0.5, 0.6) is 0 Å². The second-order valence-electron chi connectivity index (χ2n) is 5.63. The summed E-state index contributed by atoms with van der Waals surface area (Å²) in [5.74, 6) is 0. The Labute approximate surface area is 122 Å². The average molecular weight is 277 g/mol. The van der Waals surface area contributed by atoms with Crippen LogP contribution in [0.25, 0.3) is 0 Å². The minimum atomic E-state index is 0.296. The molecule has 0 aliphatic carbocycles. The fraction of sp³-hybridized carbons (Fsp3) is 0.625. The van der Waals surface area contributed by atoms with E-state index in [2.05, 4.69) is 55.1 Å². The molecule has 4 nitrogen and oxygen atoms in total. The summed E-state index contributed by atoms with van der Waals surface area (Å²) in [6.07, 6.45) is 1.41. The first-order valence-corrected chi connectivity index (χ1v) is 7.48. The Morgan fingerprint density at radius 3 is 2.60 bits per heavy atom. The molecule has 112 valence electrons. The molecule has 4 heteroatoms. The third-order valence-electron chi connectivity index (χ3n) is 4.08. The number of ether oxygens (including phenoxy) is 1. The van der Waals surface area contributed by atoms with Gasteiger partial charge in [-0.15, -0.1) is 0 Å². The van der Waals surface area contributed by atoms with E-state index in [0.29, 0.717) is 18.7 Å². The summed E-state index contributed by atoms with van der Waals surface area (Å²) >= 11 is 0. The van der Waals surface area contributed by atoms with Gasteiger partial charge in [-0.05, 0) is 24.1 Å². The number of morpholine rings is 1. The highest BCUT2D eigenvalue weighted by molar-refractivity contribution is 5.46. The normalized spacial score (nSPS) is 21.7. The third-order valence-corrected chi connectivity index (χ3v) is 4.08. The predicted octanol–water partition coefficient (Wildman–Crippen LogP) is 1.86. The summed E-state index contributed by atoms with van der Waals surface area (Å²) < 4.78 is 5.75. The zero-order chi connectivity index (χ0) is 14.5. The van der Waals surface area contributed by atoms with Crippen LogP contribution in [0.2, 0.25) is 0 Å². The van der Waals surface area contributed by atoms with Gasteiger partial charge in [0.2, 0.25) is 0 Å². The second-order valence-corrected chi connectivity index (χ2v) is 5.63. The highest BCUT2D eigenvalue weighted by atomic mass is 16.5. The van der Waals surface area contributed by atoms with E-state index in [9.17, 15) is 0 Å². The van der Waals surface area contributed by atoms with Crippen molar-refractivity contribution in [2.45, 2.75) is 25.5 Å². The molecule has 0 saturated carbocycles. The van der Waals surface area contributed by atoms with Gasteiger partial charge in [0.25, 0.3) is 0 Å². The van der Waals surface area contributed by atoms with Crippen LogP contribution in [0.3, 0.4) is 0 Å². The molecule has 1 aliphatic rings. The molecule has 20 heavy (non-hydrogen) atoms. The molecule has 2 rings (SSSR count). The van der Waals surface area contributed by atoms with Crippen LogP contribution >= 0.6 is 0 Å². The van der Waals surface area contributed by atoms with Crippen molar-refractivity contribution < 1.29 is 4.74 Å². The lowest BCUT2D eigenvalue weighted by atomic mass is 10.0. The number of rotatable bonds is 5. The van der Waals surface area contributed by atoms with Gasteiger partial charge in [0.05, 0.1) is 12.7 Å². The summed E-state index contributed by atoms with van der Waals surface area (Å²) in [4.78, 5) is 4.57. The van der Waals surface area contributed by atoms with Crippen molar-refractivity contribution in [1.82, 2.24) is 4.90 Å². The molecule has 2 unspecified atom stereocenters. The van der Waals surface area contributed by atoms with Crippen LogP contribution in [0, 0.1) is 0 Å². The van der Waals surface area contributed by atoms with Gasteiger partial charge >= 0.3 is 0 Å². The van der Waals surface area contributed by atoms with Crippen LogP contribution in [-0.4, -0.2) is 51.3 Å². The van der Waals surface area contributed by atoms with E-state index in [-0.39, 0.29) is 0 Å². The van der Waals surface area contributed by atoms with Gasteiger partial charge in [0, 0.05) is 45.5 Å². The largest absolute Gasteiger partial charge is 0.378 e. The zero-order valence-corrected chi connectivity index (χ0v) is 12.9. The fourth-order valence-corrected chi connectivity index (χ4v) is 2.76. The van der Waals surface area contributed by atoms with Crippen molar-refractivity contribution in [3.05, 3.63) is 29.8 Å². The molecule has 1 saturated heterocycles. The Balaban J connectivity index is 2.10. The maximum Gasteiger partial charge on any atom is 0.0700 e. The van der Waals surface area contributed by atoms with Gasteiger partial charge in [0.15, 0.2) is 0 Å². The van der Waals surface area contributed by atoms with Crippen LogP contribution in [-0.2, 0) is 4.74 Å². The maximum absolute atomic E-state index is 6.03. The van der Waals surface area contributed by atoms with Gasteiger partial charge < -0.3 is 15.4 Å². The lowest BCUT2D eigenvalue weighted by molar-refractivity contribution is -0.0437. The van der Waals surface area contributed by atoms with Crippen molar-refractivity contribution in [3.63, 3.8) is 0 Å². The third kappa shape index (κ3) is 3.51. The van der Waals surface area contributed by atoms with E-state index in [1.165, 1.54) is 11.3 Å². The molecule has 1 fully saturated rings. The van der Waals surface area contributed by atoms with Crippen molar-refractivity contribution in [3.8, 4) is 0 Å². The molecule has 0 amide bonds. The van der Waals surface area contributed by atoms with Crippen LogP contribution in [0.1, 0.15) is 24.9 Å². The highest BCUT2D eigenvalue weighted by Gasteiger charge is 2.25. The molecular formula is C16H27N3O. The molecule has 0 bridgehead atoms. The molecule has 1 heterocycles. The molecule has 0 aromatic heterocycles. The fourth-order valence-electron chi connectivity index (χ4n) is 2.76. The number of hydrogen-bond acceptors (Lipinski definition) is 4. The summed E-state index contributed by atoms with van der Waals surface area (Å²) in [5, 5.41) is 0. The van der Waals surface area contributed by atoms with E-state index >= 15 is 0 Å². The monoisotopic (exact) mass is 277 g/mol. The smallest absolute Gasteiger partial charge is 0.0700 e. The molecule has 0 radical (unpaired) electrons. The van der Waals surface area contributed by atoms with Crippen LogP contribution < -0.4 is 10.6 Å². The van der Waals surface area contributed by atoms with Crippen molar-refractivity contribution >= 4 is 5.69 Å². The Bertz CT molecular complexity index is 405. The second kappa shape index (κ2) is 7.07. The van der Waals surface area contributed by atoms with Gasteiger partial charge in [-0.25, -0.2) is 0 Å². The van der Waals surface area contributed by atoms with Gasteiger partial charge in [0.1, 0.15) is 0 Å². The minimum absolute atomic E-state index is 0.296. The van der Waals surface area contributed by atoms with E-state index < -0.39 is 0 Å². The molecule has 1 aliphatic heterocycles. The van der Waals surface area contributed by atoms with Gasteiger partial charge in [-0.1, -0.05) is 19.1 Å². The van der Waals surface area contributed by atoms with Crippen molar-refractivity contribution in [1.29, 1.82) is 0 Å². The Morgan fingerprint density at radius 2 is 2.05 bits per heavy atom. The average Bonchev–Trinajstić information content (AvgIpc) is 2.49. The van der Waals surface area contributed by atoms with E-state index in [1.807, 2.05) is 0 Å². The molecule has 1 aromatic carbocycles. The highest BCUT2D eigenvalue weighted by Crippen LogP contribution is 2.24. The molecule has 1 aromatic rings.